The first kappa shape index (κ1) is 15.9. The molecule has 1 aromatic heterocycles. The molecule has 0 N–H and O–H groups in total. The van der Waals surface area contributed by atoms with Gasteiger partial charge in [-0.1, -0.05) is 18.2 Å². The minimum atomic E-state index is -0.0395. The van der Waals surface area contributed by atoms with Crippen LogP contribution in [0.4, 0.5) is 5.69 Å². The zero-order valence-electron chi connectivity index (χ0n) is 14.1. The number of ether oxygens (including phenoxy) is 1. The van der Waals surface area contributed by atoms with Crippen molar-refractivity contribution in [2.24, 2.45) is 7.05 Å². The number of aryl methyl sites for hydroxylation is 1. The third-order valence-electron chi connectivity index (χ3n) is 4.10. The minimum Gasteiger partial charge on any atom is -0.457 e. The van der Waals surface area contributed by atoms with Crippen molar-refractivity contribution in [1.29, 1.82) is 0 Å². The SMILES string of the molecule is Cc1ccc(C(=O)N(C)c2ccc(Oc3ccccc3)cc2)n1C. The number of carbonyl (C=O) groups excluding carboxylic acids is 1. The van der Waals surface area contributed by atoms with E-state index in [1.807, 2.05) is 85.3 Å². The smallest absolute Gasteiger partial charge is 0.274 e. The Hall–Kier alpha value is -3.01. The van der Waals surface area contributed by atoms with Gasteiger partial charge < -0.3 is 14.2 Å². The fourth-order valence-electron chi connectivity index (χ4n) is 2.48. The second kappa shape index (κ2) is 6.62. The Bertz CT molecular complexity index is 836. The summed E-state index contributed by atoms with van der Waals surface area (Å²) in [5, 5.41) is 0. The number of anilines is 1. The highest BCUT2D eigenvalue weighted by Crippen LogP contribution is 2.24. The summed E-state index contributed by atoms with van der Waals surface area (Å²) < 4.78 is 7.67. The summed E-state index contributed by atoms with van der Waals surface area (Å²) in [6.45, 7) is 1.98. The highest BCUT2D eigenvalue weighted by Gasteiger charge is 2.17. The zero-order valence-corrected chi connectivity index (χ0v) is 14.1. The molecular weight excluding hydrogens is 300 g/mol. The van der Waals surface area contributed by atoms with Crippen LogP contribution in [-0.2, 0) is 7.05 Å². The molecule has 122 valence electrons. The first-order valence-corrected chi connectivity index (χ1v) is 7.79. The van der Waals surface area contributed by atoms with E-state index in [4.69, 9.17) is 4.74 Å². The topological polar surface area (TPSA) is 34.5 Å². The highest BCUT2D eigenvalue weighted by molar-refractivity contribution is 6.04. The molecule has 0 bridgehead atoms. The van der Waals surface area contributed by atoms with Crippen LogP contribution in [0, 0.1) is 6.92 Å². The van der Waals surface area contributed by atoms with E-state index in [9.17, 15) is 4.79 Å². The van der Waals surface area contributed by atoms with Gasteiger partial charge in [0.15, 0.2) is 0 Å². The summed E-state index contributed by atoms with van der Waals surface area (Å²) in [6, 6.07) is 20.9. The van der Waals surface area contributed by atoms with Crippen molar-refractivity contribution in [3.8, 4) is 11.5 Å². The third-order valence-corrected chi connectivity index (χ3v) is 4.10. The Labute approximate surface area is 141 Å². The van der Waals surface area contributed by atoms with Crippen LogP contribution in [0.5, 0.6) is 11.5 Å². The van der Waals surface area contributed by atoms with Crippen molar-refractivity contribution in [2.45, 2.75) is 6.92 Å². The summed E-state index contributed by atoms with van der Waals surface area (Å²) in [5.74, 6) is 1.48. The van der Waals surface area contributed by atoms with Crippen LogP contribution in [0.15, 0.2) is 66.7 Å². The summed E-state index contributed by atoms with van der Waals surface area (Å²) in [7, 11) is 3.67. The molecule has 0 aliphatic heterocycles. The lowest BCUT2D eigenvalue weighted by molar-refractivity contribution is 0.0985. The minimum absolute atomic E-state index is 0.0395. The van der Waals surface area contributed by atoms with E-state index >= 15 is 0 Å². The molecule has 0 aliphatic carbocycles. The van der Waals surface area contributed by atoms with Crippen molar-refractivity contribution in [1.82, 2.24) is 4.57 Å². The molecule has 0 aliphatic rings. The first-order valence-electron chi connectivity index (χ1n) is 7.79. The van der Waals surface area contributed by atoms with Gasteiger partial charge in [-0.25, -0.2) is 0 Å². The van der Waals surface area contributed by atoms with Gasteiger partial charge in [0.2, 0.25) is 0 Å². The van der Waals surface area contributed by atoms with E-state index in [2.05, 4.69) is 0 Å². The monoisotopic (exact) mass is 320 g/mol. The molecule has 1 amide bonds. The van der Waals surface area contributed by atoms with Crippen molar-refractivity contribution >= 4 is 11.6 Å². The van der Waals surface area contributed by atoms with Gasteiger partial charge >= 0.3 is 0 Å². The zero-order chi connectivity index (χ0) is 17.1. The second-order valence-electron chi connectivity index (χ2n) is 5.69. The number of hydrogen-bond acceptors (Lipinski definition) is 2. The Morgan fingerprint density at radius 1 is 0.917 bits per heavy atom. The van der Waals surface area contributed by atoms with Crippen LogP contribution in [0.2, 0.25) is 0 Å². The Morgan fingerprint density at radius 2 is 1.54 bits per heavy atom. The van der Waals surface area contributed by atoms with Gasteiger partial charge in [0.05, 0.1) is 0 Å². The lowest BCUT2D eigenvalue weighted by Gasteiger charge is -2.18. The molecule has 24 heavy (non-hydrogen) atoms. The quantitative estimate of drug-likeness (QED) is 0.714. The molecule has 4 heteroatoms. The van der Waals surface area contributed by atoms with Crippen molar-refractivity contribution in [3.05, 3.63) is 78.1 Å². The molecule has 0 saturated heterocycles. The average Bonchev–Trinajstić information content (AvgIpc) is 2.94. The molecule has 2 aromatic carbocycles. The van der Waals surface area contributed by atoms with E-state index in [1.54, 1.807) is 11.9 Å². The van der Waals surface area contributed by atoms with Crippen LogP contribution in [-0.4, -0.2) is 17.5 Å². The van der Waals surface area contributed by atoms with E-state index in [-0.39, 0.29) is 5.91 Å². The Morgan fingerprint density at radius 3 is 2.12 bits per heavy atom. The molecule has 1 heterocycles. The normalized spacial score (nSPS) is 10.5. The van der Waals surface area contributed by atoms with Gasteiger partial charge in [-0.3, -0.25) is 4.79 Å². The largest absolute Gasteiger partial charge is 0.457 e. The molecule has 0 fully saturated rings. The molecular formula is C20H20N2O2. The molecule has 4 nitrogen and oxygen atoms in total. The summed E-state index contributed by atoms with van der Waals surface area (Å²) in [6.07, 6.45) is 0. The van der Waals surface area contributed by atoms with Crippen molar-refractivity contribution in [3.63, 3.8) is 0 Å². The maximum atomic E-state index is 12.6. The number of hydrogen-bond donors (Lipinski definition) is 0. The van der Waals surface area contributed by atoms with E-state index < -0.39 is 0 Å². The van der Waals surface area contributed by atoms with Crippen molar-refractivity contribution in [2.75, 3.05) is 11.9 Å². The number of amides is 1. The standard InChI is InChI=1S/C20H20N2O2/c1-15-9-14-19(21(15)2)20(23)22(3)16-10-12-18(13-11-16)24-17-7-5-4-6-8-17/h4-14H,1-3H3. The molecule has 0 unspecified atom stereocenters. The Kier molecular flexibility index (Phi) is 4.38. The van der Waals surface area contributed by atoms with Gasteiger partial charge in [-0.15, -0.1) is 0 Å². The van der Waals surface area contributed by atoms with Crippen molar-refractivity contribution < 1.29 is 9.53 Å². The number of aromatic nitrogens is 1. The van der Waals surface area contributed by atoms with Gasteiger partial charge in [0.1, 0.15) is 17.2 Å². The molecule has 0 spiro atoms. The van der Waals surface area contributed by atoms with Gasteiger partial charge in [-0.2, -0.15) is 0 Å². The van der Waals surface area contributed by atoms with Crippen LogP contribution >= 0.6 is 0 Å². The molecule has 3 rings (SSSR count). The third kappa shape index (κ3) is 3.18. The maximum absolute atomic E-state index is 12.6. The average molecular weight is 320 g/mol. The second-order valence-corrected chi connectivity index (χ2v) is 5.69. The lowest BCUT2D eigenvalue weighted by Crippen LogP contribution is -2.28. The van der Waals surface area contributed by atoms with Crippen LogP contribution in [0.1, 0.15) is 16.2 Å². The highest BCUT2D eigenvalue weighted by atomic mass is 16.5. The van der Waals surface area contributed by atoms with Gasteiger partial charge in [0.25, 0.3) is 5.91 Å². The molecule has 3 aromatic rings. The molecule has 0 radical (unpaired) electrons. The summed E-state index contributed by atoms with van der Waals surface area (Å²) in [5.41, 5.74) is 2.54. The number of benzene rings is 2. The van der Waals surface area contributed by atoms with Gasteiger partial charge in [-0.05, 0) is 55.5 Å². The van der Waals surface area contributed by atoms with Gasteiger partial charge in [0, 0.05) is 25.5 Å². The lowest BCUT2D eigenvalue weighted by atomic mass is 10.2. The van der Waals surface area contributed by atoms with E-state index in [0.29, 0.717) is 5.69 Å². The predicted molar refractivity (Wildman–Crippen MR) is 95.8 cm³/mol. The van der Waals surface area contributed by atoms with Crippen LogP contribution < -0.4 is 9.64 Å². The number of nitrogens with zero attached hydrogens (tertiary/aromatic N) is 2. The fraction of sp³-hybridized carbons (Fsp3) is 0.150. The number of carbonyl (C=O) groups is 1. The Balaban J connectivity index is 1.75. The number of rotatable bonds is 4. The summed E-state index contributed by atoms with van der Waals surface area (Å²) in [4.78, 5) is 14.3. The molecule has 0 atom stereocenters. The molecule has 0 saturated carbocycles. The van der Waals surface area contributed by atoms with E-state index in [1.165, 1.54) is 0 Å². The van der Waals surface area contributed by atoms with Crippen LogP contribution in [0.3, 0.4) is 0 Å². The first-order chi connectivity index (χ1) is 11.6. The number of para-hydroxylation sites is 1. The van der Waals surface area contributed by atoms with Crippen LogP contribution in [0.25, 0.3) is 0 Å². The predicted octanol–water partition coefficient (Wildman–Crippen LogP) is 4.40. The van der Waals surface area contributed by atoms with E-state index in [0.717, 1.165) is 22.9 Å². The summed E-state index contributed by atoms with van der Waals surface area (Å²) >= 11 is 0. The fourth-order valence-corrected chi connectivity index (χ4v) is 2.48. The maximum Gasteiger partial charge on any atom is 0.274 e.